The number of pyridine rings is 1. The van der Waals surface area contributed by atoms with Crippen LogP contribution in [0.1, 0.15) is 29.3 Å². The SMILES string of the molecule is CCc1c(/C=C\N)n(-c2ccc(C(c3ccc(-n4c5ccccc5c5cnccc54)cc3)(C(F)(F)F)C(F)(F)F)cc2)c2ccccc12. The fourth-order valence-corrected chi connectivity index (χ4v) is 7.04. The molecule has 0 radical (unpaired) electrons. The number of hydrogen-bond donors (Lipinski definition) is 1. The van der Waals surface area contributed by atoms with Gasteiger partial charge in [0.2, 0.25) is 5.41 Å². The largest absolute Gasteiger partial charge is 0.411 e. The van der Waals surface area contributed by atoms with Gasteiger partial charge in [0.1, 0.15) is 0 Å². The van der Waals surface area contributed by atoms with Crippen molar-refractivity contribution in [3.8, 4) is 11.4 Å². The zero-order valence-electron chi connectivity index (χ0n) is 25.5. The van der Waals surface area contributed by atoms with E-state index in [1.54, 1.807) is 33.7 Å². The lowest BCUT2D eigenvalue weighted by atomic mass is 9.73. The van der Waals surface area contributed by atoms with Crippen LogP contribution in [0.2, 0.25) is 0 Å². The number of alkyl halides is 6. The first-order chi connectivity index (χ1) is 23.0. The minimum Gasteiger partial charge on any atom is -0.405 e. The predicted octanol–water partition coefficient (Wildman–Crippen LogP) is 10.0. The molecule has 3 aromatic heterocycles. The maximum absolute atomic E-state index is 15.1. The Balaban J connectivity index is 1.40. The first kappa shape index (κ1) is 31.1. The minimum absolute atomic E-state index is 0.400. The highest BCUT2D eigenvalue weighted by Crippen LogP contribution is 2.56. The van der Waals surface area contributed by atoms with Crippen molar-refractivity contribution in [2.45, 2.75) is 31.1 Å². The Bertz CT molecular complexity index is 2240. The molecule has 2 N–H and O–H groups in total. The lowest BCUT2D eigenvalue weighted by Crippen LogP contribution is -2.54. The van der Waals surface area contributed by atoms with Crippen LogP contribution >= 0.6 is 0 Å². The molecule has 48 heavy (non-hydrogen) atoms. The zero-order chi connectivity index (χ0) is 33.8. The van der Waals surface area contributed by atoms with Crippen LogP contribution in [0.4, 0.5) is 26.3 Å². The van der Waals surface area contributed by atoms with Gasteiger partial charge < -0.3 is 14.9 Å². The average Bonchev–Trinajstić information content (AvgIpc) is 3.57. The number of nitrogens with two attached hydrogens (primary N) is 1. The van der Waals surface area contributed by atoms with Crippen molar-refractivity contribution in [1.82, 2.24) is 14.1 Å². The van der Waals surface area contributed by atoms with Crippen LogP contribution in [-0.2, 0) is 11.8 Å². The molecular formula is C38H28F6N4. The van der Waals surface area contributed by atoms with Gasteiger partial charge in [-0.05, 0) is 77.9 Å². The zero-order valence-corrected chi connectivity index (χ0v) is 25.5. The summed E-state index contributed by atoms with van der Waals surface area (Å²) in [7, 11) is 0. The van der Waals surface area contributed by atoms with Crippen LogP contribution in [0.15, 0.2) is 122 Å². The molecule has 0 bridgehead atoms. The fourth-order valence-electron chi connectivity index (χ4n) is 7.04. The third-order valence-corrected chi connectivity index (χ3v) is 9.07. The molecule has 0 aliphatic rings. The lowest BCUT2D eigenvalue weighted by molar-refractivity contribution is -0.288. The maximum atomic E-state index is 15.1. The van der Waals surface area contributed by atoms with E-state index in [0.29, 0.717) is 23.5 Å². The van der Waals surface area contributed by atoms with Gasteiger partial charge in [-0.1, -0.05) is 67.6 Å². The molecule has 0 amide bonds. The van der Waals surface area contributed by atoms with Crippen LogP contribution in [-0.4, -0.2) is 26.5 Å². The maximum Gasteiger partial charge on any atom is 0.411 e. The lowest BCUT2D eigenvalue weighted by Gasteiger charge is -2.38. The number of aromatic nitrogens is 3. The Morgan fingerprint density at radius 1 is 0.625 bits per heavy atom. The highest BCUT2D eigenvalue weighted by atomic mass is 19.4. The molecular weight excluding hydrogens is 626 g/mol. The predicted molar refractivity (Wildman–Crippen MR) is 177 cm³/mol. The van der Waals surface area contributed by atoms with Gasteiger partial charge in [0.25, 0.3) is 0 Å². The number of para-hydroxylation sites is 2. The van der Waals surface area contributed by atoms with Crippen LogP contribution in [0.3, 0.4) is 0 Å². The number of halogens is 6. The molecule has 10 heteroatoms. The highest BCUT2D eigenvalue weighted by Gasteiger charge is 2.72. The van der Waals surface area contributed by atoms with Gasteiger partial charge in [-0.2, -0.15) is 26.3 Å². The summed E-state index contributed by atoms with van der Waals surface area (Å²) in [5.41, 5.74) is 4.26. The molecule has 7 rings (SSSR count). The summed E-state index contributed by atoms with van der Waals surface area (Å²) in [5.74, 6) is 0. The molecule has 0 fully saturated rings. The molecule has 0 atom stereocenters. The van der Waals surface area contributed by atoms with Crippen LogP contribution in [0, 0.1) is 0 Å². The van der Waals surface area contributed by atoms with Gasteiger partial charge in [-0.3, -0.25) is 4.98 Å². The third-order valence-electron chi connectivity index (χ3n) is 9.07. The summed E-state index contributed by atoms with van der Waals surface area (Å²) in [6, 6.07) is 25.5. The van der Waals surface area contributed by atoms with E-state index in [-0.39, 0.29) is 0 Å². The van der Waals surface area contributed by atoms with Crippen molar-refractivity contribution in [3.63, 3.8) is 0 Å². The second-order valence-corrected chi connectivity index (χ2v) is 11.5. The van der Waals surface area contributed by atoms with Gasteiger partial charge in [0, 0.05) is 39.9 Å². The van der Waals surface area contributed by atoms with E-state index in [9.17, 15) is 0 Å². The van der Waals surface area contributed by atoms with Crippen LogP contribution in [0.5, 0.6) is 0 Å². The van der Waals surface area contributed by atoms with Gasteiger partial charge in [0.05, 0.1) is 22.2 Å². The molecule has 0 unspecified atom stereocenters. The summed E-state index contributed by atoms with van der Waals surface area (Å²) < 4.78 is 94.3. The van der Waals surface area contributed by atoms with Crippen molar-refractivity contribution >= 4 is 38.8 Å². The summed E-state index contributed by atoms with van der Waals surface area (Å²) in [6.45, 7) is 1.97. The van der Waals surface area contributed by atoms with E-state index in [2.05, 4.69) is 4.98 Å². The Labute approximate surface area is 271 Å². The first-order valence-electron chi connectivity index (χ1n) is 15.2. The smallest absolute Gasteiger partial charge is 0.405 e. The van der Waals surface area contributed by atoms with E-state index in [4.69, 9.17) is 5.73 Å². The van der Waals surface area contributed by atoms with Crippen molar-refractivity contribution in [2.24, 2.45) is 5.73 Å². The Kier molecular flexibility index (Phi) is 7.34. The van der Waals surface area contributed by atoms with Gasteiger partial charge in [-0.15, -0.1) is 0 Å². The second-order valence-electron chi connectivity index (χ2n) is 11.5. The van der Waals surface area contributed by atoms with Gasteiger partial charge >= 0.3 is 12.4 Å². The Morgan fingerprint density at radius 2 is 1.12 bits per heavy atom. The van der Waals surface area contributed by atoms with Crippen molar-refractivity contribution < 1.29 is 26.3 Å². The number of fused-ring (bicyclic) bond motifs is 4. The van der Waals surface area contributed by atoms with Crippen molar-refractivity contribution in [2.75, 3.05) is 0 Å². The summed E-state index contributed by atoms with van der Waals surface area (Å²) >= 11 is 0. The number of benzene rings is 4. The topological polar surface area (TPSA) is 48.8 Å². The molecule has 0 saturated carbocycles. The van der Waals surface area contributed by atoms with E-state index in [1.807, 2.05) is 55.5 Å². The monoisotopic (exact) mass is 654 g/mol. The standard InChI is InChI=1S/C38H28F6N4/c1-2-28-29-7-3-5-9-32(29)47(34(28)19-21-45)26-15-11-24(12-16-26)36(37(39,40)41,38(42,43)44)25-13-17-27(18-14-25)48-33-10-6-4-8-30(33)31-23-46-22-20-35(31)48/h3-23H,2,45H2,1H3/b21-19-. The molecule has 0 aliphatic heterocycles. The van der Waals surface area contributed by atoms with E-state index >= 15 is 26.3 Å². The van der Waals surface area contributed by atoms with E-state index in [0.717, 1.165) is 62.5 Å². The molecule has 3 heterocycles. The number of rotatable bonds is 6. The Morgan fingerprint density at radius 3 is 1.67 bits per heavy atom. The van der Waals surface area contributed by atoms with Gasteiger partial charge in [-0.25, -0.2) is 0 Å². The normalized spacial score (nSPS) is 13.0. The molecule has 0 aliphatic carbocycles. The molecule has 0 spiro atoms. The number of hydrogen-bond acceptors (Lipinski definition) is 2. The van der Waals surface area contributed by atoms with E-state index in [1.165, 1.54) is 30.5 Å². The third kappa shape index (κ3) is 4.50. The summed E-state index contributed by atoms with van der Waals surface area (Å²) in [4.78, 5) is 4.19. The quantitative estimate of drug-likeness (QED) is 0.182. The molecule has 4 nitrogen and oxygen atoms in total. The van der Waals surface area contributed by atoms with Crippen molar-refractivity contribution in [1.29, 1.82) is 0 Å². The second kappa shape index (κ2) is 11.3. The van der Waals surface area contributed by atoms with Crippen LogP contribution in [0.25, 0.3) is 50.2 Å². The number of aryl methyl sites for hydroxylation is 1. The highest BCUT2D eigenvalue weighted by molar-refractivity contribution is 6.08. The van der Waals surface area contributed by atoms with Gasteiger partial charge in [0.15, 0.2) is 0 Å². The molecule has 0 saturated heterocycles. The first-order valence-corrected chi connectivity index (χ1v) is 15.2. The molecule has 7 aromatic rings. The average molecular weight is 655 g/mol. The molecule has 4 aromatic carbocycles. The molecule has 242 valence electrons. The summed E-state index contributed by atoms with van der Waals surface area (Å²) in [6.07, 6.45) is -4.51. The summed E-state index contributed by atoms with van der Waals surface area (Å²) in [5, 5.41) is 2.58. The van der Waals surface area contributed by atoms with Crippen LogP contribution < -0.4 is 5.73 Å². The fraction of sp³-hybridized carbons (Fsp3) is 0.132. The Hall–Kier alpha value is -5.51. The minimum atomic E-state index is -5.73. The number of nitrogens with zero attached hydrogens (tertiary/aromatic N) is 3. The van der Waals surface area contributed by atoms with E-state index < -0.39 is 28.9 Å². The van der Waals surface area contributed by atoms with Crippen molar-refractivity contribution in [3.05, 3.63) is 144 Å².